The molecule has 0 aliphatic rings. The molecule has 0 aromatic heterocycles. The van der Waals surface area contributed by atoms with E-state index in [-0.39, 0.29) is 33.9 Å². The first kappa shape index (κ1) is 28.3. The Kier molecular flexibility index (Phi) is 11.2. The number of Topliss-reactive ketones (excluding diaryl/α,β-unsaturated/α-hetero) is 1. The van der Waals surface area contributed by atoms with Gasteiger partial charge in [-0.3, -0.25) is 19.2 Å². The van der Waals surface area contributed by atoms with Crippen LogP contribution in [0.1, 0.15) is 37.5 Å². The van der Waals surface area contributed by atoms with Crippen LogP contribution in [0.25, 0.3) is 0 Å². The van der Waals surface area contributed by atoms with Gasteiger partial charge in [-0.2, -0.15) is 37.9 Å². The summed E-state index contributed by atoms with van der Waals surface area (Å²) in [6, 6.07) is 0.480. The van der Waals surface area contributed by atoms with Crippen LogP contribution in [0.15, 0.2) is 18.2 Å². The van der Waals surface area contributed by atoms with Crippen molar-refractivity contribution in [2.24, 2.45) is 5.92 Å². The van der Waals surface area contributed by atoms with Gasteiger partial charge >= 0.3 is 17.9 Å². The molecule has 11 nitrogen and oxygen atoms in total. The summed E-state index contributed by atoms with van der Waals surface area (Å²) in [6.45, 7) is 0. The zero-order valence-corrected chi connectivity index (χ0v) is 19.6. The number of amides is 2. The van der Waals surface area contributed by atoms with E-state index in [4.69, 9.17) is 15.3 Å². The van der Waals surface area contributed by atoms with Crippen LogP contribution < -0.4 is 10.6 Å². The minimum absolute atomic E-state index is 0.140. The predicted octanol–water partition coefficient (Wildman–Crippen LogP) is 0.116. The first-order valence-electron chi connectivity index (χ1n) is 9.26. The molecule has 0 radical (unpaired) electrons. The van der Waals surface area contributed by atoms with Gasteiger partial charge < -0.3 is 26.0 Å². The van der Waals surface area contributed by atoms with Gasteiger partial charge in [0.05, 0.1) is 5.92 Å². The molecule has 180 valence electrons. The lowest BCUT2D eigenvalue weighted by Gasteiger charge is -2.16. The molecule has 0 bridgehead atoms. The van der Waals surface area contributed by atoms with Crippen molar-refractivity contribution in [3.63, 3.8) is 0 Å². The van der Waals surface area contributed by atoms with Gasteiger partial charge in [-0.05, 0) is 18.2 Å². The van der Waals surface area contributed by atoms with Crippen LogP contribution in [-0.4, -0.2) is 80.2 Å². The van der Waals surface area contributed by atoms with E-state index in [1.165, 1.54) is 0 Å². The Bertz CT molecular complexity index is 823. The molecule has 0 saturated heterocycles. The number of rotatable bonds is 13. The highest BCUT2D eigenvalue weighted by Crippen LogP contribution is 2.17. The van der Waals surface area contributed by atoms with Gasteiger partial charge in [0.15, 0.2) is 5.78 Å². The maximum absolute atomic E-state index is 12.7. The average Bonchev–Trinajstić information content (AvgIpc) is 2.77. The maximum Gasteiger partial charge on any atom is 0.327 e. The number of carboxylic acid groups (broad SMARTS) is 3. The molecule has 0 fully saturated rings. The minimum Gasteiger partial charge on any atom is -0.481 e. The summed E-state index contributed by atoms with van der Waals surface area (Å²) in [4.78, 5) is 71.4. The monoisotopic (exact) mass is 518 g/mol. The summed E-state index contributed by atoms with van der Waals surface area (Å²) in [7, 11) is 0. The smallest absolute Gasteiger partial charge is 0.327 e. The largest absolute Gasteiger partial charge is 0.481 e. The molecule has 1 rings (SSSR count). The van der Waals surface area contributed by atoms with E-state index in [0.29, 0.717) is 0 Å². The molecule has 0 saturated carbocycles. The van der Waals surface area contributed by atoms with E-state index >= 15 is 0 Å². The van der Waals surface area contributed by atoms with Gasteiger partial charge in [-0.25, -0.2) is 9.59 Å². The van der Waals surface area contributed by atoms with Crippen molar-refractivity contribution < 1.29 is 44.1 Å². The zero-order valence-electron chi connectivity index (χ0n) is 16.9. The molecule has 3 atom stereocenters. The van der Waals surface area contributed by atoms with Gasteiger partial charge in [0.2, 0.25) is 0 Å². The lowest BCUT2D eigenvalue weighted by atomic mass is 9.96. The topological polar surface area (TPSA) is 187 Å². The van der Waals surface area contributed by atoms with E-state index in [9.17, 15) is 28.8 Å². The van der Waals surface area contributed by atoms with Gasteiger partial charge in [0.25, 0.3) is 11.8 Å². The molecule has 14 heteroatoms. The summed E-state index contributed by atoms with van der Waals surface area (Å²) in [5.74, 6) is -8.32. The molecule has 33 heavy (non-hydrogen) atoms. The minimum atomic E-state index is -1.36. The van der Waals surface area contributed by atoms with Gasteiger partial charge in [-0.15, -0.1) is 0 Å². The molecular formula is C19H22N2O9S3. The summed E-state index contributed by atoms with van der Waals surface area (Å²) >= 11 is 11.6. The number of aliphatic carboxylic acids is 3. The third kappa shape index (κ3) is 8.29. The van der Waals surface area contributed by atoms with Crippen molar-refractivity contribution in [2.75, 3.05) is 17.3 Å². The fourth-order valence-corrected chi connectivity index (χ4v) is 3.26. The van der Waals surface area contributed by atoms with E-state index in [1.54, 1.807) is 0 Å². The maximum atomic E-state index is 12.7. The number of thiol groups is 3. The summed E-state index contributed by atoms with van der Waals surface area (Å²) in [5, 5.41) is 31.7. The van der Waals surface area contributed by atoms with Crippen LogP contribution in [0.2, 0.25) is 0 Å². The Morgan fingerprint density at radius 1 is 0.667 bits per heavy atom. The number of benzene rings is 1. The number of hydrogen-bond donors (Lipinski definition) is 8. The summed E-state index contributed by atoms with van der Waals surface area (Å²) < 4.78 is 0. The molecule has 0 aliphatic carbocycles. The molecule has 0 aliphatic heterocycles. The Balaban J connectivity index is 3.40. The summed E-state index contributed by atoms with van der Waals surface area (Å²) in [6.07, 6.45) is -0.478. The lowest BCUT2D eigenvalue weighted by molar-refractivity contribution is -0.141. The fourth-order valence-electron chi connectivity index (χ4n) is 2.48. The van der Waals surface area contributed by atoms with E-state index in [1.807, 2.05) is 0 Å². The number of ketones is 1. The predicted molar refractivity (Wildman–Crippen MR) is 126 cm³/mol. The van der Waals surface area contributed by atoms with Gasteiger partial charge in [-0.1, -0.05) is 0 Å². The first-order chi connectivity index (χ1) is 15.4. The number of nitrogens with one attached hydrogen (secondary N) is 2. The number of hydrogen-bond acceptors (Lipinski definition) is 9. The SMILES string of the molecule is O=C(CC(CS)C(=O)O)c1cc(C(=O)NC(CS)C(=O)O)cc(C(=O)NC(CS)C(=O)O)c1. The normalized spacial score (nSPS) is 13.3. The van der Waals surface area contributed by atoms with Crippen molar-refractivity contribution in [1.82, 2.24) is 10.6 Å². The van der Waals surface area contributed by atoms with Gasteiger partial charge in [0.1, 0.15) is 12.1 Å². The van der Waals surface area contributed by atoms with Crippen molar-refractivity contribution in [1.29, 1.82) is 0 Å². The van der Waals surface area contributed by atoms with E-state index in [2.05, 4.69) is 48.5 Å². The Morgan fingerprint density at radius 2 is 1.06 bits per heavy atom. The summed E-state index contributed by atoms with van der Waals surface area (Å²) in [5.41, 5.74) is -0.736. The fraction of sp³-hybridized carbons (Fsp3) is 0.368. The Hall–Kier alpha value is -2.71. The van der Waals surface area contributed by atoms with Crippen LogP contribution in [0.5, 0.6) is 0 Å². The molecular weight excluding hydrogens is 496 g/mol. The van der Waals surface area contributed by atoms with Crippen LogP contribution in [0, 0.1) is 5.92 Å². The van der Waals surface area contributed by atoms with Crippen LogP contribution in [0.3, 0.4) is 0 Å². The van der Waals surface area contributed by atoms with Crippen molar-refractivity contribution >= 4 is 73.4 Å². The third-order valence-electron chi connectivity index (χ3n) is 4.35. The highest BCUT2D eigenvalue weighted by molar-refractivity contribution is 7.80. The van der Waals surface area contributed by atoms with Crippen LogP contribution in [0.4, 0.5) is 0 Å². The first-order valence-corrected chi connectivity index (χ1v) is 11.2. The molecule has 5 N–H and O–H groups in total. The second kappa shape index (κ2) is 13.1. The van der Waals surface area contributed by atoms with Crippen molar-refractivity contribution in [3.8, 4) is 0 Å². The van der Waals surface area contributed by atoms with E-state index < -0.39 is 59.9 Å². The van der Waals surface area contributed by atoms with Crippen LogP contribution in [-0.2, 0) is 14.4 Å². The number of carboxylic acids is 3. The Labute approximate surface area is 204 Å². The van der Waals surface area contributed by atoms with Crippen molar-refractivity contribution in [2.45, 2.75) is 18.5 Å². The van der Waals surface area contributed by atoms with Crippen molar-refractivity contribution in [3.05, 3.63) is 34.9 Å². The standard InChI is InChI=1S/C19H22N2O9S3/c22-14(4-11(5-31)17(25)26)8-1-9(15(23)20-12(6-32)18(27)28)3-10(2-8)16(24)21-13(7-33)19(29)30/h1-3,11-13,31-33H,4-7H2,(H,20,23)(H,21,24)(H,25,26)(H,27,28)(H,29,30). The van der Waals surface area contributed by atoms with Crippen LogP contribution >= 0.6 is 37.9 Å². The number of carbonyl (C=O) groups excluding carboxylic acids is 3. The second-order valence-electron chi connectivity index (χ2n) is 6.74. The lowest BCUT2D eigenvalue weighted by Crippen LogP contribution is -2.43. The zero-order chi connectivity index (χ0) is 25.3. The molecule has 2 amide bonds. The van der Waals surface area contributed by atoms with E-state index in [0.717, 1.165) is 18.2 Å². The highest BCUT2D eigenvalue weighted by Gasteiger charge is 2.25. The second-order valence-corrected chi connectivity index (χ2v) is 7.83. The van der Waals surface area contributed by atoms with Gasteiger partial charge in [0, 0.05) is 40.4 Å². The number of carbonyl (C=O) groups is 6. The quantitative estimate of drug-likeness (QED) is 0.132. The Morgan fingerprint density at radius 3 is 1.36 bits per heavy atom. The average molecular weight is 519 g/mol. The molecule has 1 aromatic rings. The molecule has 0 spiro atoms. The molecule has 3 unspecified atom stereocenters. The molecule has 1 aromatic carbocycles. The molecule has 0 heterocycles. The third-order valence-corrected chi connectivity index (χ3v) is 5.52. The highest BCUT2D eigenvalue weighted by atomic mass is 32.1.